The van der Waals surface area contributed by atoms with Crippen LogP contribution in [0.25, 0.3) is 0 Å². The molecule has 1 aromatic heterocycles. The zero-order valence-corrected chi connectivity index (χ0v) is 13.2. The highest BCUT2D eigenvalue weighted by atomic mass is 16.3. The number of aliphatic hydroxyl groups is 1. The lowest BCUT2D eigenvalue weighted by atomic mass is 10.1. The van der Waals surface area contributed by atoms with Crippen molar-refractivity contribution >= 4 is 11.6 Å². The number of aromatic nitrogens is 2. The minimum absolute atomic E-state index is 0.261. The van der Waals surface area contributed by atoms with Crippen LogP contribution in [-0.2, 0) is 0 Å². The highest BCUT2D eigenvalue weighted by molar-refractivity contribution is 5.57. The molecule has 0 amide bonds. The first kappa shape index (κ1) is 16.7. The maximum Gasteiger partial charge on any atom is 0.134 e. The molecule has 1 rings (SSSR count). The van der Waals surface area contributed by atoms with Crippen molar-refractivity contribution in [2.24, 2.45) is 5.92 Å². The van der Waals surface area contributed by atoms with Crippen LogP contribution >= 0.6 is 0 Å². The van der Waals surface area contributed by atoms with Gasteiger partial charge in [0, 0.05) is 25.3 Å². The van der Waals surface area contributed by atoms with Gasteiger partial charge in [-0.3, -0.25) is 0 Å². The van der Waals surface area contributed by atoms with Gasteiger partial charge in [0.25, 0.3) is 0 Å². The molecule has 0 bridgehead atoms. The molecule has 5 nitrogen and oxygen atoms in total. The number of aliphatic hydroxyl groups excluding tert-OH is 1. The van der Waals surface area contributed by atoms with E-state index in [1.54, 1.807) is 0 Å². The van der Waals surface area contributed by atoms with Gasteiger partial charge in [0.1, 0.15) is 17.5 Å². The second-order valence-corrected chi connectivity index (χ2v) is 5.38. The molecular formula is C15H28N4O. The second kappa shape index (κ2) is 8.74. The number of nitrogens with zero attached hydrogens (tertiary/aromatic N) is 2. The highest BCUT2D eigenvalue weighted by Crippen LogP contribution is 2.20. The summed E-state index contributed by atoms with van der Waals surface area (Å²) in [6.45, 7) is 10.2. The number of hydrogen-bond donors (Lipinski definition) is 3. The Labute approximate surface area is 122 Å². The maximum atomic E-state index is 9.00. The van der Waals surface area contributed by atoms with E-state index in [0.29, 0.717) is 5.92 Å². The van der Waals surface area contributed by atoms with Gasteiger partial charge in [-0.1, -0.05) is 13.8 Å². The fourth-order valence-corrected chi connectivity index (χ4v) is 1.96. The summed E-state index contributed by atoms with van der Waals surface area (Å²) < 4.78 is 0. The van der Waals surface area contributed by atoms with E-state index in [2.05, 4.69) is 34.4 Å². The van der Waals surface area contributed by atoms with Gasteiger partial charge in [0.2, 0.25) is 0 Å². The molecule has 5 heteroatoms. The molecule has 0 aliphatic carbocycles. The molecule has 0 saturated heterocycles. The van der Waals surface area contributed by atoms with Crippen molar-refractivity contribution in [2.45, 2.75) is 47.0 Å². The van der Waals surface area contributed by atoms with Crippen molar-refractivity contribution in [3.8, 4) is 0 Å². The van der Waals surface area contributed by atoms with E-state index in [4.69, 9.17) is 5.11 Å². The molecule has 0 aliphatic heterocycles. The molecule has 0 radical (unpaired) electrons. The average Bonchev–Trinajstić information content (AvgIpc) is 2.44. The summed E-state index contributed by atoms with van der Waals surface area (Å²) >= 11 is 0. The Bertz CT molecular complexity index is 409. The summed E-state index contributed by atoms with van der Waals surface area (Å²) in [5.41, 5.74) is 1.07. The zero-order valence-electron chi connectivity index (χ0n) is 13.2. The molecule has 1 aromatic rings. The van der Waals surface area contributed by atoms with Gasteiger partial charge in [0.15, 0.2) is 0 Å². The van der Waals surface area contributed by atoms with Crippen LogP contribution in [0.4, 0.5) is 11.6 Å². The monoisotopic (exact) mass is 280 g/mol. The number of anilines is 2. The van der Waals surface area contributed by atoms with Crippen molar-refractivity contribution in [1.82, 2.24) is 9.97 Å². The van der Waals surface area contributed by atoms with Crippen molar-refractivity contribution in [1.29, 1.82) is 0 Å². The van der Waals surface area contributed by atoms with Crippen molar-refractivity contribution in [3.05, 3.63) is 11.4 Å². The molecule has 20 heavy (non-hydrogen) atoms. The van der Waals surface area contributed by atoms with Gasteiger partial charge >= 0.3 is 0 Å². The van der Waals surface area contributed by atoms with Crippen LogP contribution < -0.4 is 10.6 Å². The van der Waals surface area contributed by atoms with Crippen LogP contribution in [0.15, 0.2) is 0 Å². The lowest BCUT2D eigenvalue weighted by molar-refractivity contribution is 0.229. The number of hydrogen-bond acceptors (Lipinski definition) is 5. The highest BCUT2D eigenvalue weighted by Gasteiger charge is 2.08. The minimum atomic E-state index is 0.261. The number of rotatable bonds is 9. The number of nitrogens with one attached hydrogen (secondary N) is 2. The maximum absolute atomic E-state index is 9.00. The summed E-state index contributed by atoms with van der Waals surface area (Å²) in [5, 5.41) is 15.7. The van der Waals surface area contributed by atoms with Gasteiger partial charge in [-0.25, -0.2) is 9.97 Å². The third-order valence-electron chi connectivity index (χ3n) is 3.28. The summed E-state index contributed by atoms with van der Waals surface area (Å²) in [4.78, 5) is 8.91. The molecular weight excluding hydrogens is 252 g/mol. The van der Waals surface area contributed by atoms with E-state index in [1.807, 2.05) is 13.8 Å². The third kappa shape index (κ3) is 5.33. The largest absolute Gasteiger partial charge is 0.396 e. The molecule has 3 N–H and O–H groups in total. The van der Waals surface area contributed by atoms with E-state index in [-0.39, 0.29) is 6.61 Å². The average molecular weight is 280 g/mol. The Morgan fingerprint density at radius 1 is 1.10 bits per heavy atom. The normalized spacial score (nSPS) is 12.2. The van der Waals surface area contributed by atoms with E-state index in [9.17, 15) is 0 Å². The van der Waals surface area contributed by atoms with Gasteiger partial charge in [-0.15, -0.1) is 0 Å². The fraction of sp³-hybridized carbons (Fsp3) is 0.733. The third-order valence-corrected chi connectivity index (χ3v) is 3.28. The first-order chi connectivity index (χ1) is 9.58. The Balaban J connectivity index is 2.58. The molecule has 1 unspecified atom stereocenters. The Morgan fingerprint density at radius 2 is 1.70 bits per heavy atom. The van der Waals surface area contributed by atoms with Crippen LogP contribution in [0.2, 0.25) is 0 Å². The van der Waals surface area contributed by atoms with E-state index in [1.165, 1.54) is 0 Å². The zero-order chi connectivity index (χ0) is 15.0. The van der Waals surface area contributed by atoms with Crippen molar-refractivity contribution in [3.63, 3.8) is 0 Å². The number of aryl methyl sites for hydroxylation is 1. The summed E-state index contributed by atoms with van der Waals surface area (Å²) in [5.74, 6) is 2.98. The summed E-state index contributed by atoms with van der Waals surface area (Å²) in [6, 6.07) is 0. The van der Waals surface area contributed by atoms with Crippen LogP contribution in [0, 0.1) is 19.8 Å². The molecule has 0 fully saturated rings. The van der Waals surface area contributed by atoms with Crippen molar-refractivity contribution < 1.29 is 5.11 Å². The minimum Gasteiger partial charge on any atom is -0.396 e. The molecule has 1 atom stereocenters. The molecule has 0 aromatic carbocycles. The van der Waals surface area contributed by atoms with Crippen LogP contribution in [0.5, 0.6) is 0 Å². The fourth-order valence-electron chi connectivity index (χ4n) is 1.96. The SMILES string of the molecule is CCCNc1nc(C)nc(NCCCC(C)CO)c1C. The van der Waals surface area contributed by atoms with Crippen LogP contribution in [-0.4, -0.2) is 34.8 Å². The van der Waals surface area contributed by atoms with Gasteiger partial charge in [-0.05, 0) is 39.0 Å². The van der Waals surface area contributed by atoms with Gasteiger partial charge in [0.05, 0.1) is 0 Å². The molecule has 1 heterocycles. The quantitative estimate of drug-likeness (QED) is 0.607. The van der Waals surface area contributed by atoms with Crippen molar-refractivity contribution in [2.75, 3.05) is 30.3 Å². The molecule has 114 valence electrons. The lowest BCUT2D eigenvalue weighted by Gasteiger charge is -2.14. The Hall–Kier alpha value is -1.36. The van der Waals surface area contributed by atoms with Crippen LogP contribution in [0.3, 0.4) is 0 Å². The first-order valence-electron chi connectivity index (χ1n) is 7.52. The topological polar surface area (TPSA) is 70.1 Å². The first-order valence-corrected chi connectivity index (χ1v) is 7.52. The van der Waals surface area contributed by atoms with E-state index in [0.717, 1.165) is 55.4 Å². The predicted molar refractivity (Wildman–Crippen MR) is 84.3 cm³/mol. The van der Waals surface area contributed by atoms with E-state index >= 15 is 0 Å². The summed E-state index contributed by atoms with van der Waals surface area (Å²) in [6.07, 6.45) is 3.12. The predicted octanol–water partition coefficient (Wildman–Crippen LogP) is 2.74. The Kier molecular flexibility index (Phi) is 7.30. The Morgan fingerprint density at radius 3 is 2.25 bits per heavy atom. The van der Waals surface area contributed by atoms with Crippen LogP contribution in [0.1, 0.15) is 44.5 Å². The molecule has 0 spiro atoms. The molecule has 0 aliphatic rings. The lowest BCUT2D eigenvalue weighted by Crippen LogP contribution is -2.12. The van der Waals surface area contributed by atoms with Gasteiger partial charge < -0.3 is 15.7 Å². The molecule has 0 saturated carbocycles. The summed E-state index contributed by atoms with van der Waals surface area (Å²) in [7, 11) is 0. The smallest absolute Gasteiger partial charge is 0.134 e. The standard InChI is InChI=1S/C15H28N4O/c1-5-8-16-14-12(3)15(19-13(4)18-14)17-9-6-7-11(2)10-20/h11,20H,5-10H2,1-4H3,(H2,16,17,18,19). The second-order valence-electron chi connectivity index (χ2n) is 5.38. The van der Waals surface area contributed by atoms with E-state index < -0.39 is 0 Å². The van der Waals surface area contributed by atoms with Gasteiger partial charge in [-0.2, -0.15) is 0 Å².